The van der Waals surface area contributed by atoms with Crippen LogP contribution in [0.1, 0.15) is 18.4 Å². The van der Waals surface area contributed by atoms with Crippen LogP contribution in [0.5, 0.6) is 0 Å². The highest BCUT2D eigenvalue weighted by molar-refractivity contribution is 7.99. The number of nitro benzene ring substituents is 1. The Bertz CT molecular complexity index is 1710. The Labute approximate surface area is 305 Å². The molecule has 1 unspecified atom stereocenters. The van der Waals surface area contributed by atoms with Crippen molar-refractivity contribution in [2.45, 2.75) is 40.5 Å². The zero-order chi connectivity index (χ0) is 36.4. The highest BCUT2D eigenvalue weighted by Gasteiger charge is 2.40. The standard InChI is InChI=1S/C36H49N7O6S2/c1-39(2)18-16-29(27-50-31-8-4-3-5-9-31)38-33-15-14-32(25-34(33)43(45)46)51(47,48)35-26-41(19-20-42(35)36(37)44)30-12-10-28(11-13-30)7-6-17-40-21-23-49-24-22-40/h3-5,8-15,25,29,35,38H,6-7,16-24,26-27H2,1-2H3,(H2,37,44)/t29-,35?/m1/s1. The summed E-state index contributed by atoms with van der Waals surface area (Å²) < 4.78 is 33.8. The Morgan fingerprint density at radius 1 is 1.06 bits per heavy atom. The van der Waals surface area contributed by atoms with Gasteiger partial charge >= 0.3 is 6.03 Å². The maximum atomic E-state index is 14.2. The average molecular weight is 740 g/mol. The number of hydrogen-bond acceptors (Lipinski definition) is 11. The second-order valence-corrected chi connectivity index (χ2v) is 16.4. The molecule has 51 heavy (non-hydrogen) atoms. The fourth-order valence-electron chi connectivity index (χ4n) is 6.37. The molecule has 0 spiro atoms. The number of urea groups is 1. The van der Waals surface area contributed by atoms with E-state index in [2.05, 4.69) is 22.3 Å². The number of hydrogen-bond donors (Lipinski definition) is 2. The van der Waals surface area contributed by atoms with E-state index in [0.29, 0.717) is 18.7 Å². The summed E-state index contributed by atoms with van der Waals surface area (Å²) in [6.07, 6.45) is 2.67. The SMILES string of the molecule is CN(C)CC[C@H](CSc1ccccc1)Nc1ccc(S(=O)(=O)C2CN(c3ccc(CCCN4CCOCC4)cc3)CCN2C(N)=O)cc1[N+](=O)[O-]. The first-order valence-electron chi connectivity index (χ1n) is 17.3. The van der Waals surface area contributed by atoms with Crippen molar-refractivity contribution in [2.24, 2.45) is 5.73 Å². The summed E-state index contributed by atoms with van der Waals surface area (Å²) in [6.45, 7) is 5.70. The molecule has 2 fully saturated rings. The Morgan fingerprint density at radius 3 is 2.45 bits per heavy atom. The summed E-state index contributed by atoms with van der Waals surface area (Å²) >= 11 is 1.64. The van der Waals surface area contributed by atoms with Crippen molar-refractivity contribution in [1.29, 1.82) is 0 Å². The van der Waals surface area contributed by atoms with E-state index in [9.17, 15) is 23.3 Å². The molecule has 2 aliphatic heterocycles. The van der Waals surface area contributed by atoms with Crippen molar-refractivity contribution < 1.29 is 22.9 Å². The minimum absolute atomic E-state index is 0.0290. The third kappa shape index (κ3) is 10.6. The number of morpholine rings is 1. The van der Waals surface area contributed by atoms with Crippen molar-refractivity contribution >= 4 is 44.7 Å². The third-order valence-electron chi connectivity index (χ3n) is 9.29. The number of thioether (sulfide) groups is 1. The first-order chi connectivity index (χ1) is 24.5. The van der Waals surface area contributed by atoms with Crippen molar-refractivity contribution in [3.8, 4) is 0 Å². The number of anilines is 2. The van der Waals surface area contributed by atoms with E-state index in [0.717, 1.165) is 73.8 Å². The predicted molar refractivity (Wildman–Crippen MR) is 202 cm³/mol. The number of nitrogens with one attached hydrogen (secondary N) is 1. The van der Waals surface area contributed by atoms with Crippen LogP contribution in [0.4, 0.5) is 21.9 Å². The number of sulfone groups is 1. The fourth-order valence-corrected chi connectivity index (χ4v) is 9.13. The molecule has 276 valence electrons. The topological polar surface area (TPSA) is 155 Å². The van der Waals surface area contributed by atoms with Gasteiger partial charge < -0.3 is 30.5 Å². The molecule has 3 aromatic rings. The number of carbonyl (C=O) groups is 1. The first-order valence-corrected chi connectivity index (χ1v) is 19.9. The van der Waals surface area contributed by atoms with Crippen LogP contribution in [0.15, 0.2) is 82.6 Å². The zero-order valence-electron chi connectivity index (χ0n) is 29.4. The van der Waals surface area contributed by atoms with Crippen LogP contribution >= 0.6 is 11.8 Å². The number of piperazine rings is 1. The summed E-state index contributed by atoms with van der Waals surface area (Å²) in [4.78, 5) is 32.6. The molecule has 0 aliphatic carbocycles. The molecular formula is C36H49N7O6S2. The number of amides is 2. The number of nitrogens with two attached hydrogens (primary N) is 1. The van der Waals surface area contributed by atoms with Gasteiger partial charge in [-0.1, -0.05) is 30.3 Å². The molecule has 2 saturated heterocycles. The minimum Gasteiger partial charge on any atom is -0.379 e. The summed E-state index contributed by atoms with van der Waals surface area (Å²) in [5, 5.41) is 14.3. The molecule has 3 aromatic carbocycles. The Balaban J connectivity index is 1.31. The number of benzene rings is 3. The van der Waals surface area contributed by atoms with Crippen LogP contribution in [0.3, 0.4) is 0 Å². The van der Waals surface area contributed by atoms with E-state index in [1.807, 2.05) is 66.4 Å². The number of nitro groups is 1. The largest absolute Gasteiger partial charge is 0.379 e. The Hall–Kier alpha value is -3.89. The van der Waals surface area contributed by atoms with Gasteiger partial charge in [0.15, 0.2) is 5.37 Å². The molecule has 5 rings (SSSR count). The smallest absolute Gasteiger partial charge is 0.315 e. The van der Waals surface area contributed by atoms with E-state index in [1.54, 1.807) is 11.8 Å². The quantitative estimate of drug-likeness (QED) is 0.122. The predicted octanol–water partition coefficient (Wildman–Crippen LogP) is 4.38. The van der Waals surface area contributed by atoms with Crippen molar-refractivity contribution in [3.05, 3.63) is 88.5 Å². The number of rotatable bonds is 16. The van der Waals surface area contributed by atoms with E-state index < -0.39 is 26.2 Å². The van der Waals surface area contributed by atoms with Gasteiger partial charge in [0.05, 0.1) is 29.6 Å². The van der Waals surface area contributed by atoms with Crippen LogP contribution in [0.25, 0.3) is 0 Å². The van der Waals surface area contributed by atoms with Gasteiger partial charge in [0.25, 0.3) is 5.69 Å². The number of aryl methyl sites for hydroxylation is 1. The average Bonchev–Trinajstić information content (AvgIpc) is 3.13. The van der Waals surface area contributed by atoms with Crippen LogP contribution in [-0.2, 0) is 21.0 Å². The summed E-state index contributed by atoms with van der Waals surface area (Å²) in [5.41, 5.74) is 7.59. The molecule has 13 nitrogen and oxygen atoms in total. The monoisotopic (exact) mass is 739 g/mol. The van der Waals surface area contributed by atoms with Crippen LogP contribution in [0, 0.1) is 10.1 Å². The molecule has 2 atom stereocenters. The van der Waals surface area contributed by atoms with Crippen LogP contribution in [-0.4, -0.2) is 124 Å². The number of nitrogens with zero attached hydrogens (tertiary/aromatic N) is 5. The molecule has 2 heterocycles. The van der Waals surface area contributed by atoms with E-state index >= 15 is 0 Å². The molecule has 2 aliphatic rings. The van der Waals surface area contributed by atoms with Crippen molar-refractivity contribution in [2.75, 3.05) is 89.1 Å². The second-order valence-electron chi connectivity index (χ2n) is 13.2. The minimum atomic E-state index is -4.27. The lowest BCUT2D eigenvalue weighted by molar-refractivity contribution is -0.384. The van der Waals surface area contributed by atoms with Gasteiger partial charge in [-0.05, 0) is 88.4 Å². The van der Waals surface area contributed by atoms with E-state index in [-0.39, 0.29) is 35.4 Å². The maximum Gasteiger partial charge on any atom is 0.315 e. The molecule has 0 bridgehead atoms. The summed E-state index contributed by atoms with van der Waals surface area (Å²) in [6, 6.07) is 20.9. The van der Waals surface area contributed by atoms with E-state index in [4.69, 9.17) is 10.5 Å². The Kier molecular flexibility index (Phi) is 13.6. The van der Waals surface area contributed by atoms with Crippen molar-refractivity contribution in [1.82, 2.24) is 14.7 Å². The van der Waals surface area contributed by atoms with Gasteiger partial charge in [0.2, 0.25) is 9.84 Å². The highest BCUT2D eigenvalue weighted by Crippen LogP contribution is 2.33. The normalized spacial score (nSPS) is 17.7. The van der Waals surface area contributed by atoms with Gasteiger partial charge in [-0.25, -0.2) is 13.2 Å². The molecule has 2 amide bonds. The van der Waals surface area contributed by atoms with Gasteiger partial charge in [-0.15, -0.1) is 11.8 Å². The molecular weight excluding hydrogens is 691 g/mol. The van der Waals surface area contributed by atoms with Gasteiger partial charge in [0, 0.05) is 54.6 Å². The number of carbonyl (C=O) groups excluding carboxylic acids is 1. The molecule has 0 aromatic heterocycles. The summed E-state index contributed by atoms with van der Waals surface area (Å²) in [5.74, 6) is 0.649. The lowest BCUT2D eigenvalue weighted by Crippen LogP contribution is -2.59. The maximum absolute atomic E-state index is 14.2. The van der Waals surface area contributed by atoms with E-state index in [1.165, 1.54) is 17.7 Å². The van der Waals surface area contributed by atoms with Crippen LogP contribution in [0.2, 0.25) is 0 Å². The van der Waals surface area contributed by atoms with Gasteiger partial charge in [0.1, 0.15) is 5.69 Å². The molecule has 0 radical (unpaired) electrons. The molecule has 15 heteroatoms. The van der Waals surface area contributed by atoms with Gasteiger partial charge in [-0.3, -0.25) is 15.0 Å². The van der Waals surface area contributed by atoms with Crippen LogP contribution < -0.4 is 16.0 Å². The lowest BCUT2D eigenvalue weighted by Gasteiger charge is -2.41. The highest BCUT2D eigenvalue weighted by atomic mass is 32.2. The summed E-state index contributed by atoms with van der Waals surface area (Å²) in [7, 11) is -0.335. The fraction of sp³-hybridized carbons (Fsp3) is 0.472. The first kappa shape index (κ1) is 38.3. The number of ether oxygens (including phenoxy) is 1. The third-order valence-corrected chi connectivity index (χ3v) is 12.5. The second kappa shape index (κ2) is 18.0. The van der Waals surface area contributed by atoms with Crippen molar-refractivity contribution in [3.63, 3.8) is 0 Å². The molecule has 0 saturated carbocycles. The van der Waals surface area contributed by atoms with Gasteiger partial charge in [-0.2, -0.15) is 0 Å². The molecule has 3 N–H and O–H groups in total. The Morgan fingerprint density at radius 2 is 1.78 bits per heavy atom. The zero-order valence-corrected chi connectivity index (χ0v) is 31.0. The number of primary amides is 1. The lowest BCUT2D eigenvalue weighted by atomic mass is 10.1.